The summed E-state index contributed by atoms with van der Waals surface area (Å²) >= 11 is 3.33. The van der Waals surface area contributed by atoms with Crippen molar-refractivity contribution < 1.29 is 9.50 Å². The fourth-order valence-electron chi connectivity index (χ4n) is 1.74. The lowest BCUT2D eigenvalue weighted by atomic mass is 10.0. The Hall–Kier alpha value is -0.410. The van der Waals surface area contributed by atoms with Crippen molar-refractivity contribution in [3.8, 4) is 0 Å². The largest absolute Gasteiger partial charge is 0.393 e. The van der Waals surface area contributed by atoms with E-state index in [0.29, 0.717) is 6.42 Å². The minimum atomic E-state index is -0.236. The zero-order valence-corrected chi connectivity index (χ0v) is 11.1. The second-order valence-corrected chi connectivity index (χ2v) is 4.99. The molecule has 0 amide bonds. The third-order valence-electron chi connectivity index (χ3n) is 2.61. The van der Waals surface area contributed by atoms with Crippen LogP contribution < -0.4 is 0 Å². The van der Waals surface area contributed by atoms with Gasteiger partial charge in [-0.3, -0.25) is 0 Å². The molecule has 0 saturated heterocycles. The van der Waals surface area contributed by atoms with E-state index in [1.807, 2.05) is 6.07 Å². The highest BCUT2D eigenvalue weighted by atomic mass is 79.9. The maximum atomic E-state index is 13.4. The van der Waals surface area contributed by atoms with Crippen molar-refractivity contribution in [2.75, 3.05) is 0 Å². The first kappa shape index (κ1) is 13.7. The normalized spacial score (nSPS) is 12.8. The van der Waals surface area contributed by atoms with Gasteiger partial charge in [0, 0.05) is 4.47 Å². The second-order valence-electron chi connectivity index (χ2n) is 4.07. The highest BCUT2D eigenvalue weighted by Gasteiger charge is 2.05. The first-order valence-electron chi connectivity index (χ1n) is 5.75. The minimum Gasteiger partial charge on any atom is -0.393 e. The highest BCUT2D eigenvalue weighted by Crippen LogP contribution is 2.18. The van der Waals surface area contributed by atoms with Crippen molar-refractivity contribution >= 4 is 15.9 Å². The lowest BCUT2D eigenvalue weighted by Crippen LogP contribution is -2.06. The van der Waals surface area contributed by atoms with E-state index in [1.54, 1.807) is 6.07 Å². The summed E-state index contributed by atoms with van der Waals surface area (Å²) < 4.78 is 14.3. The third-order valence-corrected chi connectivity index (χ3v) is 3.11. The van der Waals surface area contributed by atoms with Crippen LogP contribution in [0.25, 0.3) is 0 Å². The van der Waals surface area contributed by atoms with E-state index in [9.17, 15) is 9.50 Å². The van der Waals surface area contributed by atoms with E-state index in [4.69, 9.17) is 0 Å². The maximum Gasteiger partial charge on any atom is 0.126 e. The molecule has 0 fully saturated rings. The summed E-state index contributed by atoms with van der Waals surface area (Å²) in [5.41, 5.74) is 0.720. The van der Waals surface area contributed by atoms with E-state index in [1.165, 1.54) is 6.07 Å². The first-order chi connectivity index (χ1) is 7.63. The molecule has 0 heterocycles. The van der Waals surface area contributed by atoms with Gasteiger partial charge >= 0.3 is 0 Å². The van der Waals surface area contributed by atoms with Gasteiger partial charge in [-0.15, -0.1) is 0 Å². The van der Waals surface area contributed by atoms with E-state index in [-0.39, 0.29) is 11.9 Å². The summed E-state index contributed by atoms with van der Waals surface area (Å²) in [7, 11) is 0. The van der Waals surface area contributed by atoms with Crippen LogP contribution in [0.15, 0.2) is 22.7 Å². The third kappa shape index (κ3) is 4.62. The van der Waals surface area contributed by atoms with Crippen LogP contribution in [-0.4, -0.2) is 11.2 Å². The SMILES string of the molecule is CCCC(O)CCCc1cc(Br)ccc1F. The Bertz CT molecular complexity index is 328. The number of aliphatic hydroxyl groups is 1. The topological polar surface area (TPSA) is 20.2 Å². The molecule has 1 aromatic rings. The summed E-state index contributed by atoms with van der Waals surface area (Å²) in [6.07, 6.45) is 3.86. The zero-order valence-electron chi connectivity index (χ0n) is 9.55. The monoisotopic (exact) mass is 288 g/mol. The molecule has 0 bridgehead atoms. The molecule has 1 unspecified atom stereocenters. The fourth-order valence-corrected chi connectivity index (χ4v) is 2.15. The zero-order chi connectivity index (χ0) is 12.0. The first-order valence-corrected chi connectivity index (χ1v) is 6.54. The quantitative estimate of drug-likeness (QED) is 0.837. The lowest BCUT2D eigenvalue weighted by molar-refractivity contribution is 0.151. The number of rotatable bonds is 6. The molecule has 1 N–H and O–H groups in total. The number of hydrogen-bond acceptors (Lipinski definition) is 1. The molecule has 0 saturated carbocycles. The van der Waals surface area contributed by atoms with Crippen LogP contribution in [0.1, 0.15) is 38.2 Å². The second kappa shape index (κ2) is 7.02. The molecule has 0 aliphatic carbocycles. The molecule has 0 radical (unpaired) electrons. The number of aryl methyl sites for hydroxylation is 1. The molecule has 0 aliphatic rings. The number of aliphatic hydroxyl groups excluding tert-OH is 1. The Morgan fingerprint density at radius 2 is 2.12 bits per heavy atom. The van der Waals surface area contributed by atoms with Crippen LogP contribution in [0, 0.1) is 5.82 Å². The Morgan fingerprint density at radius 1 is 1.38 bits per heavy atom. The molecule has 0 aliphatic heterocycles. The molecule has 3 heteroatoms. The van der Waals surface area contributed by atoms with Gasteiger partial charge in [0.05, 0.1) is 6.10 Å². The Morgan fingerprint density at radius 3 is 2.81 bits per heavy atom. The lowest BCUT2D eigenvalue weighted by Gasteiger charge is -2.09. The smallest absolute Gasteiger partial charge is 0.126 e. The van der Waals surface area contributed by atoms with Crippen molar-refractivity contribution in [2.24, 2.45) is 0 Å². The predicted molar refractivity (Wildman–Crippen MR) is 68.0 cm³/mol. The van der Waals surface area contributed by atoms with Crippen molar-refractivity contribution in [3.63, 3.8) is 0 Å². The average molecular weight is 289 g/mol. The molecular formula is C13H18BrFO. The van der Waals surface area contributed by atoms with E-state index in [0.717, 1.165) is 35.7 Å². The van der Waals surface area contributed by atoms with Crippen LogP contribution in [0.3, 0.4) is 0 Å². The average Bonchev–Trinajstić information content (AvgIpc) is 2.23. The van der Waals surface area contributed by atoms with Gasteiger partial charge in [0.15, 0.2) is 0 Å². The van der Waals surface area contributed by atoms with Crippen LogP contribution in [0.2, 0.25) is 0 Å². The molecule has 1 aromatic carbocycles. The van der Waals surface area contributed by atoms with Gasteiger partial charge in [-0.1, -0.05) is 29.3 Å². The fraction of sp³-hybridized carbons (Fsp3) is 0.538. The van der Waals surface area contributed by atoms with Crippen molar-refractivity contribution in [2.45, 2.75) is 45.1 Å². The van der Waals surface area contributed by atoms with Crippen LogP contribution in [0.5, 0.6) is 0 Å². The Balaban J connectivity index is 2.39. The standard InChI is InChI=1S/C13H18BrFO/c1-2-4-12(16)6-3-5-10-9-11(14)7-8-13(10)15/h7-9,12,16H,2-6H2,1H3. The van der Waals surface area contributed by atoms with Gasteiger partial charge in [0.1, 0.15) is 5.82 Å². The molecule has 1 rings (SSSR count). The van der Waals surface area contributed by atoms with Crippen molar-refractivity contribution in [3.05, 3.63) is 34.1 Å². The van der Waals surface area contributed by atoms with E-state index < -0.39 is 0 Å². The molecule has 90 valence electrons. The predicted octanol–water partition coefficient (Wildman–Crippen LogP) is 4.07. The molecule has 16 heavy (non-hydrogen) atoms. The summed E-state index contributed by atoms with van der Waals surface area (Å²) in [6.45, 7) is 2.05. The van der Waals surface area contributed by atoms with Gasteiger partial charge < -0.3 is 5.11 Å². The summed E-state index contributed by atoms with van der Waals surface area (Å²) in [5, 5.41) is 9.55. The van der Waals surface area contributed by atoms with Crippen molar-refractivity contribution in [1.82, 2.24) is 0 Å². The molecular weight excluding hydrogens is 271 g/mol. The molecule has 0 aromatic heterocycles. The van der Waals surface area contributed by atoms with Gasteiger partial charge in [0.25, 0.3) is 0 Å². The van der Waals surface area contributed by atoms with Crippen LogP contribution in [-0.2, 0) is 6.42 Å². The summed E-state index contributed by atoms with van der Waals surface area (Å²) in [6, 6.07) is 4.98. The summed E-state index contributed by atoms with van der Waals surface area (Å²) in [5.74, 6) is -0.159. The van der Waals surface area contributed by atoms with Gasteiger partial charge in [-0.25, -0.2) is 4.39 Å². The maximum absolute atomic E-state index is 13.4. The van der Waals surface area contributed by atoms with Gasteiger partial charge in [-0.2, -0.15) is 0 Å². The number of halogens is 2. The highest BCUT2D eigenvalue weighted by molar-refractivity contribution is 9.10. The molecule has 1 nitrogen and oxygen atoms in total. The molecule has 1 atom stereocenters. The Kier molecular flexibility index (Phi) is 5.99. The molecule has 0 spiro atoms. The minimum absolute atomic E-state index is 0.159. The van der Waals surface area contributed by atoms with Gasteiger partial charge in [-0.05, 0) is 49.4 Å². The van der Waals surface area contributed by atoms with Crippen LogP contribution >= 0.6 is 15.9 Å². The Labute approximate surface area is 105 Å². The van der Waals surface area contributed by atoms with Crippen LogP contribution in [0.4, 0.5) is 4.39 Å². The van der Waals surface area contributed by atoms with Gasteiger partial charge in [0.2, 0.25) is 0 Å². The van der Waals surface area contributed by atoms with E-state index >= 15 is 0 Å². The van der Waals surface area contributed by atoms with Crippen molar-refractivity contribution in [1.29, 1.82) is 0 Å². The number of hydrogen-bond donors (Lipinski definition) is 1. The van der Waals surface area contributed by atoms with E-state index in [2.05, 4.69) is 22.9 Å². The summed E-state index contributed by atoms with van der Waals surface area (Å²) in [4.78, 5) is 0. The number of benzene rings is 1.